The smallest absolute Gasteiger partial charge is 0.341 e. The number of carbonyl (C=O) groups excluding carboxylic acids is 1. The molecular formula is C21H18BrN3O2S2. The van der Waals surface area contributed by atoms with E-state index in [4.69, 9.17) is 4.74 Å². The number of nitrogens with zero attached hydrogens (tertiary/aromatic N) is 2. The number of anilines is 1. The minimum absolute atomic E-state index is 0.309. The molecule has 2 heterocycles. The van der Waals surface area contributed by atoms with E-state index in [9.17, 15) is 10.1 Å². The van der Waals surface area contributed by atoms with E-state index in [0.29, 0.717) is 27.8 Å². The van der Waals surface area contributed by atoms with Gasteiger partial charge in [-0.3, -0.25) is 0 Å². The van der Waals surface area contributed by atoms with Gasteiger partial charge in [-0.05, 0) is 38.5 Å². The van der Waals surface area contributed by atoms with E-state index in [2.05, 4.69) is 32.3 Å². The summed E-state index contributed by atoms with van der Waals surface area (Å²) in [7, 11) is 0. The molecule has 0 saturated heterocycles. The fraction of sp³-hybridized carbons (Fsp3) is 0.190. The van der Waals surface area contributed by atoms with Crippen LogP contribution in [0, 0.1) is 25.2 Å². The predicted octanol–water partition coefficient (Wildman–Crippen LogP) is 6.40. The summed E-state index contributed by atoms with van der Waals surface area (Å²) < 4.78 is 6.17. The monoisotopic (exact) mass is 487 g/mol. The highest BCUT2D eigenvalue weighted by Crippen LogP contribution is 2.34. The number of esters is 1. The predicted molar refractivity (Wildman–Crippen MR) is 122 cm³/mol. The van der Waals surface area contributed by atoms with Crippen molar-refractivity contribution in [2.45, 2.75) is 20.8 Å². The molecule has 1 N–H and O–H groups in total. The molecule has 0 bridgehead atoms. The van der Waals surface area contributed by atoms with E-state index < -0.39 is 0 Å². The highest BCUT2D eigenvalue weighted by Gasteiger charge is 2.20. The second-order valence-corrected chi connectivity index (χ2v) is 9.07. The maximum Gasteiger partial charge on any atom is 0.341 e. The van der Waals surface area contributed by atoms with Gasteiger partial charge >= 0.3 is 5.97 Å². The van der Waals surface area contributed by atoms with Gasteiger partial charge in [0.2, 0.25) is 0 Å². The van der Waals surface area contributed by atoms with E-state index in [1.165, 1.54) is 22.7 Å². The summed E-state index contributed by atoms with van der Waals surface area (Å²) in [6, 6.07) is 10.0. The molecule has 29 heavy (non-hydrogen) atoms. The lowest BCUT2D eigenvalue weighted by Crippen LogP contribution is -2.07. The van der Waals surface area contributed by atoms with E-state index in [1.807, 2.05) is 43.5 Å². The number of thiazole rings is 1. The Morgan fingerprint density at radius 3 is 2.72 bits per heavy atom. The van der Waals surface area contributed by atoms with Gasteiger partial charge in [0.25, 0.3) is 0 Å². The minimum Gasteiger partial charge on any atom is -0.462 e. The van der Waals surface area contributed by atoms with Gasteiger partial charge in [0.1, 0.15) is 21.7 Å². The Morgan fingerprint density at radius 1 is 1.34 bits per heavy atom. The molecule has 1 aromatic carbocycles. The molecule has 3 aromatic rings. The number of carbonyl (C=O) groups is 1. The fourth-order valence-electron chi connectivity index (χ4n) is 2.61. The second-order valence-electron chi connectivity index (χ2n) is 6.07. The quantitative estimate of drug-likeness (QED) is 0.321. The summed E-state index contributed by atoms with van der Waals surface area (Å²) in [5.74, 6) is -0.365. The second kappa shape index (κ2) is 9.35. The van der Waals surface area contributed by atoms with Crippen LogP contribution in [-0.2, 0) is 4.74 Å². The number of benzene rings is 1. The number of ether oxygens (including phenoxy) is 1. The number of thiophene rings is 1. The van der Waals surface area contributed by atoms with Crippen molar-refractivity contribution in [1.29, 1.82) is 5.26 Å². The van der Waals surface area contributed by atoms with Crippen LogP contribution in [0.1, 0.15) is 32.7 Å². The van der Waals surface area contributed by atoms with Gasteiger partial charge in [-0.25, -0.2) is 9.78 Å². The summed E-state index contributed by atoms with van der Waals surface area (Å²) in [5, 5.41) is 15.9. The van der Waals surface area contributed by atoms with Crippen molar-refractivity contribution in [3.8, 4) is 17.3 Å². The number of nitriles is 1. The number of allylic oxidation sites excluding steroid dienone is 1. The Bertz CT molecular complexity index is 1110. The Hall–Kier alpha value is -2.47. The standard InChI is InChI=1S/C21H18BrN3O2S2/c1-4-27-21(26)18-12(2)13(3)29-20(18)24-10-15(9-23)19-25-17(11-28-19)14-5-7-16(22)8-6-14/h5-8,10-11,24H,4H2,1-3H3. The lowest BCUT2D eigenvalue weighted by Gasteiger charge is -2.05. The van der Waals surface area contributed by atoms with Crippen LogP contribution in [0.15, 0.2) is 40.3 Å². The van der Waals surface area contributed by atoms with Crippen LogP contribution < -0.4 is 5.32 Å². The third-order valence-corrected chi connectivity index (χ3v) is 6.75. The molecule has 8 heteroatoms. The van der Waals surface area contributed by atoms with Crippen molar-refractivity contribution in [3.05, 3.63) is 61.3 Å². The van der Waals surface area contributed by atoms with E-state index in [1.54, 1.807) is 13.1 Å². The summed E-state index contributed by atoms with van der Waals surface area (Å²) in [6.45, 7) is 5.93. The lowest BCUT2D eigenvalue weighted by atomic mass is 10.1. The number of rotatable bonds is 6. The van der Waals surface area contributed by atoms with Gasteiger partial charge in [0, 0.05) is 26.5 Å². The van der Waals surface area contributed by atoms with Crippen LogP contribution in [0.2, 0.25) is 0 Å². The summed E-state index contributed by atoms with van der Waals surface area (Å²) in [5.41, 5.74) is 3.59. The number of hydrogen-bond donors (Lipinski definition) is 1. The van der Waals surface area contributed by atoms with Crippen LogP contribution in [0.4, 0.5) is 5.00 Å². The molecule has 148 valence electrons. The van der Waals surface area contributed by atoms with Crippen molar-refractivity contribution in [2.24, 2.45) is 0 Å². The largest absolute Gasteiger partial charge is 0.462 e. The van der Waals surface area contributed by atoms with Crippen molar-refractivity contribution in [3.63, 3.8) is 0 Å². The highest BCUT2D eigenvalue weighted by atomic mass is 79.9. The highest BCUT2D eigenvalue weighted by molar-refractivity contribution is 9.10. The number of nitrogens with one attached hydrogen (secondary N) is 1. The first-order chi connectivity index (χ1) is 13.9. The normalized spacial score (nSPS) is 11.2. The molecular weight excluding hydrogens is 470 g/mol. The molecule has 0 spiro atoms. The minimum atomic E-state index is -0.365. The maximum absolute atomic E-state index is 12.3. The third kappa shape index (κ3) is 4.75. The number of aryl methyl sites for hydroxylation is 1. The molecule has 3 rings (SSSR count). The van der Waals surface area contributed by atoms with E-state index in [-0.39, 0.29) is 5.97 Å². The van der Waals surface area contributed by atoms with Crippen molar-refractivity contribution in [1.82, 2.24) is 4.98 Å². The summed E-state index contributed by atoms with van der Waals surface area (Å²) >= 11 is 6.28. The number of halogens is 1. The van der Waals surface area contributed by atoms with E-state index >= 15 is 0 Å². The molecule has 0 fully saturated rings. The SMILES string of the molecule is CCOC(=O)c1c(NC=C(C#N)c2nc(-c3ccc(Br)cc3)cs2)sc(C)c1C. The van der Waals surface area contributed by atoms with Crippen LogP contribution in [0.25, 0.3) is 16.8 Å². The average molecular weight is 488 g/mol. The molecule has 0 aliphatic carbocycles. The topological polar surface area (TPSA) is 75.0 Å². The Morgan fingerprint density at radius 2 is 2.07 bits per heavy atom. The van der Waals surface area contributed by atoms with E-state index in [0.717, 1.165) is 26.2 Å². The molecule has 0 radical (unpaired) electrons. The zero-order valence-electron chi connectivity index (χ0n) is 16.1. The van der Waals surface area contributed by atoms with Crippen LogP contribution in [0.5, 0.6) is 0 Å². The summed E-state index contributed by atoms with van der Waals surface area (Å²) in [4.78, 5) is 17.9. The molecule has 2 aromatic heterocycles. The Labute approximate surface area is 185 Å². The zero-order valence-corrected chi connectivity index (χ0v) is 19.3. The lowest BCUT2D eigenvalue weighted by molar-refractivity contribution is 0.0527. The number of hydrogen-bond acceptors (Lipinski definition) is 7. The molecule has 0 saturated carbocycles. The molecule has 0 atom stereocenters. The molecule has 5 nitrogen and oxygen atoms in total. The summed E-state index contributed by atoms with van der Waals surface area (Å²) in [6.07, 6.45) is 1.59. The average Bonchev–Trinajstić information content (AvgIpc) is 3.29. The van der Waals surface area contributed by atoms with Gasteiger partial charge in [-0.1, -0.05) is 28.1 Å². The van der Waals surface area contributed by atoms with Crippen molar-refractivity contribution in [2.75, 3.05) is 11.9 Å². The molecule has 0 aliphatic heterocycles. The van der Waals surface area contributed by atoms with Gasteiger partial charge in [0.05, 0.1) is 17.9 Å². The first-order valence-electron chi connectivity index (χ1n) is 8.80. The molecule has 0 amide bonds. The third-order valence-electron chi connectivity index (χ3n) is 4.21. The van der Waals surface area contributed by atoms with Gasteiger partial charge in [-0.2, -0.15) is 5.26 Å². The zero-order chi connectivity index (χ0) is 21.0. The maximum atomic E-state index is 12.3. The van der Waals surface area contributed by atoms with Crippen LogP contribution in [-0.4, -0.2) is 17.6 Å². The van der Waals surface area contributed by atoms with Crippen LogP contribution in [0.3, 0.4) is 0 Å². The van der Waals surface area contributed by atoms with Crippen LogP contribution >= 0.6 is 38.6 Å². The van der Waals surface area contributed by atoms with Crippen molar-refractivity contribution >= 4 is 55.1 Å². The fourth-order valence-corrected chi connectivity index (χ4v) is 4.68. The van der Waals surface area contributed by atoms with Gasteiger partial charge < -0.3 is 10.1 Å². The molecule has 0 aliphatic rings. The first-order valence-corrected chi connectivity index (χ1v) is 11.3. The Balaban J connectivity index is 1.87. The Kier molecular flexibility index (Phi) is 6.85. The van der Waals surface area contributed by atoms with Gasteiger partial charge in [0.15, 0.2) is 0 Å². The van der Waals surface area contributed by atoms with Crippen molar-refractivity contribution < 1.29 is 9.53 Å². The number of aromatic nitrogens is 1. The van der Waals surface area contributed by atoms with Gasteiger partial charge in [-0.15, -0.1) is 22.7 Å². The first kappa shape index (κ1) is 21.2. The molecule has 0 unspecified atom stereocenters.